The van der Waals surface area contributed by atoms with Crippen LogP contribution in [0.3, 0.4) is 0 Å². The van der Waals surface area contributed by atoms with Crippen LogP contribution in [-0.4, -0.2) is 48.3 Å². The third-order valence-corrected chi connectivity index (χ3v) is 4.94. The number of carbonyl (C=O) groups excluding carboxylic acids is 4. The zero-order valence-electron chi connectivity index (χ0n) is 20.2. The highest BCUT2D eigenvalue weighted by molar-refractivity contribution is 5.94. The number of rotatable bonds is 14. The fourth-order valence-electron chi connectivity index (χ4n) is 3.19. The molecule has 0 saturated carbocycles. The summed E-state index contributed by atoms with van der Waals surface area (Å²) in [7, 11) is 0. The molecule has 0 heterocycles. The molecule has 4 N–H and O–H groups in total. The summed E-state index contributed by atoms with van der Waals surface area (Å²) in [6.07, 6.45) is 7.75. The number of terminal acetylenes is 1. The van der Waals surface area contributed by atoms with Crippen molar-refractivity contribution in [3.8, 4) is 12.3 Å². The van der Waals surface area contributed by atoms with Gasteiger partial charge < -0.3 is 21.3 Å². The highest BCUT2D eigenvalue weighted by atomic mass is 16.2. The second-order valence-corrected chi connectivity index (χ2v) is 8.47. The van der Waals surface area contributed by atoms with E-state index in [4.69, 9.17) is 6.42 Å². The molecular weight excluding hydrogens is 432 g/mol. The minimum absolute atomic E-state index is 0.0961. The molecule has 0 saturated heterocycles. The van der Waals surface area contributed by atoms with Gasteiger partial charge in [-0.15, -0.1) is 18.9 Å². The Hall–Kier alpha value is -3.60. The summed E-state index contributed by atoms with van der Waals surface area (Å²) in [5.74, 6) is 0.850. The van der Waals surface area contributed by atoms with E-state index in [1.807, 2.05) is 44.2 Å². The number of benzene rings is 1. The lowest BCUT2D eigenvalue weighted by atomic mass is 10.0. The van der Waals surface area contributed by atoms with Crippen molar-refractivity contribution in [2.24, 2.45) is 5.92 Å². The number of nitrogens with one attached hydrogen (secondary N) is 4. The fraction of sp³-hybridized carbons (Fsp3) is 0.462. The van der Waals surface area contributed by atoms with Crippen LogP contribution >= 0.6 is 0 Å². The smallest absolute Gasteiger partial charge is 0.243 e. The molecule has 0 unspecified atom stereocenters. The third kappa shape index (κ3) is 10.8. The van der Waals surface area contributed by atoms with Crippen molar-refractivity contribution in [2.75, 3.05) is 6.54 Å². The van der Waals surface area contributed by atoms with E-state index >= 15 is 0 Å². The van der Waals surface area contributed by atoms with Crippen LogP contribution in [0, 0.1) is 18.3 Å². The van der Waals surface area contributed by atoms with Gasteiger partial charge in [0, 0.05) is 25.8 Å². The summed E-state index contributed by atoms with van der Waals surface area (Å²) < 4.78 is 0. The van der Waals surface area contributed by atoms with E-state index < -0.39 is 29.9 Å². The van der Waals surface area contributed by atoms with E-state index in [1.54, 1.807) is 13.0 Å². The van der Waals surface area contributed by atoms with Crippen molar-refractivity contribution in [3.63, 3.8) is 0 Å². The lowest BCUT2D eigenvalue weighted by Gasteiger charge is -2.25. The van der Waals surface area contributed by atoms with Gasteiger partial charge in [-0.25, -0.2) is 0 Å². The maximum absolute atomic E-state index is 13.2. The molecule has 184 valence electrons. The largest absolute Gasteiger partial charge is 0.351 e. The highest BCUT2D eigenvalue weighted by Crippen LogP contribution is 2.09. The maximum atomic E-state index is 13.2. The number of carbonyl (C=O) groups is 4. The van der Waals surface area contributed by atoms with Gasteiger partial charge in [-0.05, 0) is 24.8 Å². The van der Waals surface area contributed by atoms with Crippen LogP contribution in [0.5, 0.6) is 0 Å². The molecule has 0 fully saturated rings. The van der Waals surface area contributed by atoms with E-state index in [1.165, 1.54) is 0 Å². The second kappa shape index (κ2) is 15.3. The molecule has 1 aromatic rings. The van der Waals surface area contributed by atoms with Gasteiger partial charge in [-0.2, -0.15) is 0 Å². The van der Waals surface area contributed by atoms with E-state index in [0.717, 1.165) is 5.56 Å². The van der Waals surface area contributed by atoms with Gasteiger partial charge in [-0.3, -0.25) is 19.2 Å². The summed E-state index contributed by atoms with van der Waals surface area (Å²) in [5, 5.41) is 10.8. The Balaban J connectivity index is 2.96. The van der Waals surface area contributed by atoms with Crippen LogP contribution in [0.4, 0.5) is 0 Å². The van der Waals surface area contributed by atoms with Crippen LogP contribution in [0.25, 0.3) is 0 Å². The molecule has 3 atom stereocenters. The van der Waals surface area contributed by atoms with Gasteiger partial charge in [-0.1, -0.05) is 50.3 Å². The summed E-state index contributed by atoms with van der Waals surface area (Å²) in [5.41, 5.74) is 0.859. The van der Waals surface area contributed by atoms with Gasteiger partial charge in [0.25, 0.3) is 0 Å². The van der Waals surface area contributed by atoms with Crippen LogP contribution in [0.1, 0.15) is 45.6 Å². The summed E-state index contributed by atoms with van der Waals surface area (Å²) >= 11 is 0. The summed E-state index contributed by atoms with van der Waals surface area (Å²) in [4.78, 5) is 50.5. The predicted molar refractivity (Wildman–Crippen MR) is 132 cm³/mol. The first-order valence-electron chi connectivity index (χ1n) is 11.4. The Bertz CT molecular complexity index is 877. The SMILES string of the molecule is C#CCCC(=O)N[C@@H](Cc1ccccc1)C(=O)N[C@@H](CC(C)C)C(=O)N[C@@H](C)C(=O)NCC=C. The maximum Gasteiger partial charge on any atom is 0.243 e. The second-order valence-electron chi connectivity index (χ2n) is 8.47. The fourth-order valence-corrected chi connectivity index (χ4v) is 3.19. The topological polar surface area (TPSA) is 116 Å². The minimum Gasteiger partial charge on any atom is -0.351 e. The third-order valence-electron chi connectivity index (χ3n) is 4.94. The molecule has 0 aromatic heterocycles. The van der Waals surface area contributed by atoms with Crippen molar-refractivity contribution in [3.05, 3.63) is 48.6 Å². The Morgan fingerprint density at radius 1 is 0.971 bits per heavy atom. The number of hydrogen-bond donors (Lipinski definition) is 4. The quantitative estimate of drug-likeness (QED) is 0.244. The summed E-state index contributed by atoms with van der Waals surface area (Å²) in [6, 6.07) is 6.72. The van der Waals surface area contributed by atoms with Gasteiger partial charge in [0.1, 0.15) is 18.1 Å². The summed E-state index contributed by atoms with van der Waals surface area (Å²) in [6.45, 7) is 9.24. The van der Waals surface area contributed by atoms with Gasteiger partial charge in [0.05, 0.1) is 0 Å². The lowest BCUT2D eigenvalue weighted by molar-refractivity contribution is -0.133. The number of hydrogen-bond acceptors (Lipinski definition) is 4. The van der Waals surface area contributed by atoms with E-state index in [2.05, 4.69) is 33.8 Å². The van der Waals surface area contributed by atoms with E-state index in [0.29, 0.717) is 6.42 Å². The van der Waals surface area contributed by atoms with Crippen LogP contribution < -0.4 is 21.3 Å². The first-order valence-corrected chi connectivity index (χ1v) is 11.4. The predicted octanol–water partition coefficient (Wildman–Crippen LogP) is 1.47. The molecule has 1 rings (SSSR count). The molecule has 8 nitrogen and oxygen atoms in total. The van der Waals surface area contributed by atoms with Crippen LogP contribution in [0.15, 0.2) is 43.0 Å². The van der Waals surface area contributed by atoms with Crippen LogP contribution in [0.2, 0.25) is 0 Å². The first-order chi connectivity index (χ1) is 16.2. The highest BCUT2D eigenvalue weighted by Gasteiger charge is 2.29. The molecule has 34 heavy (non-hydrogen) atoms. The number of amides is 4. The molecule has 0 aliphatic carbocycles. The lowest BCUT2D eigenvalue weighted by Crippen LogP contribution is -2.56. The van der Waals surface area contributed by atoms with Crippen molar-refractivity contribution in [1.82, 2.24) is 21.3 Å². The standard InChI is InChI=1S/C26H36N4O4/c1-6-8-14-23(31)29-22(17-20-12-10-9-11-13-20)26(34)30-21(16-18(3)4)25(33)28-19(5)24(32)27-15-7-2/h1,7,9-13,18-19,21-22H,2,8,14-17H2,3-5H3,(H,27,32)(H,28,33)(H,29,31)(H,30,34)/t19-,21-,22-/m0/s1. The molecule has 8 heteroatoms. The average molecular weight is 469 g/mol. The van der Waals surface area contributed by atoms with Crippen molar-refractivity contribution in [1.29, 1.82) is 0 Å². The zero-order valence-corrected chi connectivity index (χ0v) is 20.2. The van der Waals surface area contributed by atoms with Gasteiger partial charge >= 0.3 is 0 Å². The van der Waals surface area contributed by atoms with E-state index in [9.17, 15) is 19.2 Å². The monoisotopic (exact) mass is 468 g/mol. The van der Waals surface area contributed by atoms with Crippen molar-refractivity contribution >= 4 is 23.6 Å². The molecule has 0 aliphatic heterocycles. The van der Waals surface area contributed by atoms with Gasteiger partial charge in [0.15, 0.2) is 0 Å². The Morgan fingerprint density at radius 3 is 2.21 bits per heavy atom. The molecule has 0 bridgehead atoms. The van der Waals surface area contributed by atoms with Crippen LogP contribution in [-0.2, 0) is 25.6 Å². The minimum atomic E-state index is -0.886. The molecular formula is C26H36N4O4. The molecule has 4 amide bonds. The Labute approximate surface area is 202 Å². The van der Waals surface area contributed by atoms with E-state index in [-0.39, 0.29) is 43.5 Å². The molecule has 0 spiro atoms. The molecule has 0 radical (unpaired) electrons. The normalized spacial score (nSPS) is 13.0. The Kier molecular flexibility index (Phi) is 12.8. The Morgan fingerprint density at radius 2 is 1.62 bits per heavy atom. The first kappa shape index (κ1) is 28.4. The molecule has 1 aromatic carbocycles. The van der Waals surface area contributed by atoms with Crippen molar-refractivity contribution < 1.29 is 19.2 Å². The zero-order chi connectivity index (χ0) is 25.5. The van der Waals surface area contributed by atoms with Crippen molar-refractivity contribution in [2.45, 2.75) is 64.6 Å². The van der Waals surface area contributed by atoms with Gasteiger partial charge in [0.2, 0.25) is 23.6 Å². The average Bonchev–Trinajstić information content (AvgIpc) is 2.80. The molecule has 0 aliphatic rings.